The van der Waals surface area contributed by atoms with Crippen molar-refractivity contribution in [2.45, 2.75) is 40.4 Å². The first-order chi connectivity index (χ1) is 10.9. The van der Waals surface area contributed by atoms with Gasteiger partial charge < -0.3 is 14.0 Å². The SMILES string of the molecule is CC(=O)C(C)OC(=O)c1ccc(OCc2c(C)noc2C)cc1. The van der Waals surface area contributed by atoms with E-state index in [0.29, 0.717) is 17.9 Å². The van der Waals surface area contributed by atoms with Gasteiger partial charge in [0.15, 0.2) is 11.9 Å². The van der Waals surface area contributed by atoms with Crippen molar-refractivity contribution >= 4 is 11.8 Å². The van der Waals surface area contributed by atoms with Gasteiger partial charge in [0.05, 0.1) is 16.8 Å². The third-order valence-corrected chi connectivity index (χ3v) is 3.51. The maximum Gasteiger partial charge on any atom is 0.338 e. The van der Waals surface area contributed by atoms with Crippen molar-refractivity contribution in [1.82, 2.24) is 5.16 Å². The van der Waals surface area contributed by atoms with Crippen molar-refractivity contribution < 1.29 is 23.6 Å². The summed E-state index contributed by atoms with van der Waals surface area (Å²) in [5.41, 5.74) is 2.06. The van der Waals surface area contributed by atoms with E-state index < -0.39 is 12.1 Å². The molecule has 1 atom stereocenters. The Morgan fingerprint density at radius 2 is 1.87 bits per heavy atom. The van der Waals surface area contributed by atoms with E-state index in [0.717, 1.165) is 17.0 Å². The van der Waals surface area contributed by atoms with Crippen LogP contribution in [0.1, 0.15) is 41.2 Å². The Hall–Kier alpha value is -2.63. The highest BCUT2D eigenvalue weighted by atomic mass is 16.5. The summed E-state index contributed by atoms with van der Waals surface area (Å²) < 4.78 is 15.8. The fourth-order valence-electron chi connectivity index (χ4n) is 1.86. The highest BCUT2D eigenvalue weighted by Gasteiger charge is 2.15. The van der Waals surface area contributed by atoms with Gasteiger partial charge in [-0.2, -0.15) is 0 Å². The van der Waals surface area contributed by atoms with E-state index in [2.05, 4.69) is 5.16 Å². The molecule has 0 saturated heterocycles. The van der Waals surface area contributed by atoms with Crippen molar-refractivity contribution in [2.24, 2.45) is 0 Å². The predicted octanol–water partition coefficient (Wildman–Crippen LogP) is 3.00. The van der Waals surface area contributed by atoms with Gasteiger partial charge in [0.25, 0.3) is 0 Å². The second-order valence-electron chi connectivity index (χ2n) is 5.27. The number of esters is 1. The van der Waals surface area contributed by atoms with E-state index in [1.54, 1.807) is 31.2 Å². The molecule has 0 bridgehead atoms. The Bertz CT molecular complexity index is 683. The summed E-state index contributed by atoms with van der Waals surface area (Å²) in [6.07, 6.45) is -0.752. The van der Waals surface area contributed by atoms with Crippen LogP contribution in [0.15, 0.2) is 28.8 Å². The molecule has 1 aromatic carbocycles. The molecule has 1 heterocycles. The molecule has 0 spiro atoms. The molecule has 1 aromatic heterocycles. The quantitative estimate of drug-likeness (QED) is 0.762. The number of ether oxygens (including phenoxy) is 2. The lowest BCUT2D eigenvalue weighted by molar-refractivity contribution is -0.124. The Labute approximate surface area is 134 Å². The predicted molar refractivity (Wildman–Crippen MR) is 82.3 cm³/mol. The minimum absolute atomic E-state index is 0.197. The van der Waals surface area contributed by atoms with Crippen LogP contribution in [0.5, 0.6) is 5.75 Å². The first-order valence-electron chi connectivity index (χ1n) is 7.24. The Balaban J connectivity index is 1.97. The summed E-state index contributed by atoms with van der Waals surface area (Å²) in [6.45, 7) is 6.94. The second-order valence-corrected chi connectivity index (χ2v) is 5.27. The number of aromatic nitrogens is 1. The number of hydrogen-bond acceptors (Lipinski definition) is 6. The van der Waals surface area contributed by atoms with Crippen LogP contribution in [0.4, 0.5) is 0 Å². The average Bonchev–Trinajstić information content (AvgIpc) is 2.84. The number of Topliss-reactive ketones (excluding diaryl/α,β-unsaturated/α-hetero) is 1. The van der Waals surface area contributed by atoms with Gasteiger partial charge >= 0.3 is 5.97 Å². The van der Waals surface area contributed by atoms with Gasteiger partial charge in [0.1, 0.15) is 18.1 Å². The summed E-state index contributed by atoms with van der Waals surface area (Å²) in [5, 5.41) is 3.86. The number of ketones is 1. The van der Waals surface area contributed by atoms with Crippen LogP contribution in [0, 0.1) is 13.8 Å². The maximum atomic E-state index is 11.9. The normalized spacial score (nSPS) is 11.8. The lowest BCUT2D eigenvalue weighted by Crippen LogP contribution is -2.21. The van der Waals surface area contributed by atoms with Gasteiger partial charge in [-0.25, -0.2) is 4.79 Å². The van der Waals surface area contributed by atoms with Gasteiger partial charge in [-0.1, -0.05) is 5.16 Å². The Morgan fingerprint density at radius 1 is 1.22 bits per heavy atom. The highest BCUT2D eigenvalue weighted by Crippen LogP contribution is 2.18. The van der Waals surface area contributed by atoms with E-state index in [4.69, 9.17) is 14.0 Å². The molecule has 6 heteroatoms. The van der Waals surface area contributed by atoms with Gasteiger partial charge in [-0.3, -0.25) is 4.79 Å². The van der Waals surface area contributed by atoms with Crippen LogP contribution in [0.3, 0.4) is 0 Å². The summed E-state index contributed by atoms with van der Waals surface area (Å²) in [7, 11) is 0. The number of rotatable bonds is 6. The lowest BCUT2D eigenvalue weighted by Gasteiger charge is -2.10. The smallest absolute Gasteiger partial charge is 0.338 e. The number of carbonyl (C=O) groups is 2. The highest BCUT2D eigenvalue weighted by molar-refractivity contribution is 5.92. The molecule has 0 fully saturated rings. The first kappa shape index (κ1) is 16.7. The number of aryl methyl sites for hydroxylation is 2. The zero-order chi connectivity index (χ0) is 17.0. The molecule has 0 aliphatic rings. The van der Waals surface area contributed by atoms with Crippen molar-refractivity contribution in [3.63, 3.8) is 0 Å². The molecular formula is C17H19NO5. The van der Waals surface area contributed by atoms with Crippen molar-refractivity contribution in [1.29, 1.82) is 0 Å². The standard InChI is InChI=1S/C17H19NO5/c1-10-16(13(4)23-18-10)9-21-15-7-5-14(6-8-15)17(20)22-12(3)11(2)19/h5-8,12H,9H2,1-4H3. The molecule has 0 N–H and O–H groups in total. The summed E-state index contributed by atoms with van der Waals surface area (Å²) in [5.74, 6) is 0.602. The average molecular weight is 317 g/mol. The van der Waals surface area contributed by atoms with E-state index >= 15 is 0 Å². The molecule has 2 rings (SSSR count). The second kappa shape index (κ2) is 7.09. The zero-order valence-electron chi connectivity index (χ0n) is 13.6. The van der Waals surface area contributed by atoms with Gasteiger partial charge in [-0.05, 0) is 52.0 Å². The van der Waals surface area contributed by atoms with Crippen molar-refractivity contribution in [3.05, 3.63) is 46.8 Å². The van der Waals surface area contributed by atoms with Gasteiger partial charge in [0.2, 0.25) is 0 Å². The third kappa shape index (κ3) is 4.18. The molecule has 6 nitrogen and oxygen atoms in total. The van der Waals surface area contributed by atoms with Crippen LogP contribution in [0.2, 0.25) is 0 Å². The number of carbonyl (C=O) groups excluding carboxylic acids is 2. The molecule has 0 aliphatic heterocycles. The van der Waals surface area contributed by atoms with Crippen LogP contribution in [-0.4, -0.2) is 23.0 Å². The molecule has 1 unspecified atom stereocenters. The number of hydrogen-bond donors (Lipinski definition) is 0. The zero-order valence-corrected chi connectivity index (χ0v) is 13.6. The van der Waals surface area contributed by atoms with Crippen LogP contribution < -0.4 is 4.74 Å². The minimum atomic E-state index is -0.752. The van der Waals surface area contributed by atoms with E-state index in [9.17, 15) is 9.59 Å². The maximum absolute atomic E-state index is 11.9. The number of benzene rings is 1. The topological polar surface area (TPSA) is 78.6 Å². The molecule has 0 radical (unpaired) electrons. The minimum Gasteiger partial charge on any atom is -0.489 e. The molecular weight excluding hydrogens is 298 g/mol. The van der Waals surface area contributed by atoms with Gasteiger partial charge in [-0.15, -0.1) is 0 Å². The molecule has 122 valence electrons. The van der Waals surface area contributed by atoms with E-state index in [1.807, 2.05) is 13.8 Å². The summed E-state index contributed by atoms with van der Waals surface area (Å²) in [6, 6.07) is 6.54. The summed E-state index contributed by atoms with van der Waals surface area (Å²) >= 11 is 0. The van der Waals surface area contributed by atoms with Crippen LogP contribution in [0.25, 0.3) is 0 Å². The molecule has 0 amide bonds. The molecule has 0 aliphatic carbocycles. The van der Waals surface area contributed by atoms with E-state index in [-0.39, 0.29) is 5.78 Å². The van der Waals surface area contributed by atoms with Crippen LogP contribution >= 0.6 is 0 Å². The van der Waals surface area contributed by atoms with Crippen LogP contribution in [-0.2, 0) is 16.1 Å². The van der Waals surface area contributed by atoms with Gasteiger partial charge in [0, 0.05) is 0 Å². The Kier molecular flexibility index (Phi) is 5.16. The molecule has 23 heavy (non-hydrogen) atoms. The molecule has 2 aromatic rings. The van der Waals surface area contributed by atoms with Crippen molar-refractivity contribution in [2.75, 3.05) is 0 Å². The summed E-state index contributed by atoms with van der Waals surface area (Å²) in [4.78, 5) is 23.0. The lowest BCUT2D eigenvalue weighted by atomic mass is 10.2. The first-order valence-corrected chi connectivity index (χ1v) is 7.24. The fourth-order valence-corrected chi connectivity index (χ4v) is 1.86. The third-order valence-electron chi connectivity index (χ3n) is 3.51. The molecule has 0 saturated carbocycles. The fraction of sp³-hybridized carbons (Fsp3) is 0.353. The van der Waals surface area contributed by atoms with Crippen molar-refractivity contribution in [3.8, 4) is 5.75 Å². The number of nitrogens with zero attached hydrogens (tertiary/aromatic N) is 1. The largest absolute Gasteiger partial charge is 0.489 e. The van der Waals surface area contributed by atoms with E-state index in [1.165, 1.54) is 6.92 Å². The monoisotopic (exact) mass is 317 g/mol. The Morgan fingerprint density at radius 3 is 2.39 bits per heavy atom.